The Kier molecular flexibility index (Phi) is 4.99. The summed E-state index contributed by atoms with van der Waals surface area (Å²) in [4.78, 5) is 13.8. The SMILES string of the molecule is CCCc1nc(Cl)c(C)c(N2CCCN(C)CC2)n1. The van der Waals surface area contributed by atoms with Crippen LogP contribution < -0.4 is 4.90 Å². The minimum Gasteiger partial charge on any atom is -0.355 e. The summed E-state index contributed by atoms with van der Waals surface area (Å²) in [5.41, 5.74) is 1.01. The van der Waals surface area contributed by atoms with Crippen LogP contribution in [0.15, 0.2) is 0 Å². The predicted molar refractivity (Wildman–Crippen MR) is 80.1 cm³/mol. The van der Waals surface area contributed by atoms with Crippen molar-refractivity contribution in [3.05, 3.63) is 16.5 Å². The van der Waals surface area contributed by atoms with Gasteiger partial charge >= 0.3 is 0 Å². The van der Waals surface area contributed by atoms with Crippen molar-refractivity contribution in [3.8, 4) is 0 Å². The van der Waals surface area contributed by atoms with Crippen molar-refractivity contribution in [2.45, 2.75) is 33.1 Å². The monoisotopic (exact) mass is 282 g/mol. The number of anilines is 1. The van der Waals surface area contributed by atoms with Crippen LogP contribution in [0.4, 0.5) is 5.82 Å². The van der Waals surface area contributed by atoms with Gasteiger partial charge in [0, 0.05) is 31.6 Å². The van der Waals surface area contributed by atoms with E-state index in [4.69, 9.17) is 16.6 Å². The molecular formula is C14H23ClN4. The fourth-order valence-electron chi connectivity index (χ4n) is 2.42. The van der Waals surface area contributed by atoms with Gasteiger partial charge in [0.2, 0.25) is 0 Å². The lowest BCUT2D eigenvalue weighted by Gasteiger charge is -2.24. The van der Waals surface area contributed by atoms with Gasteiger partial charge in [-0.15, -0.1) is 0 Å². The number of rotatable bonds is 3. The van der Waals surface area contributed by atoms with E-state index in [1.54, 1.807) is 0 Å². The molecule has 1 aliphatic rings. The summed E-state index contributed by atoms with van der Waals surface area (Å²) in [7, 11) is 2.17. The first-order valence-corrected chi connectivity index (χ1v) is 7.46. The van der Waals surface area contributed by atoms with Crippen LogP contribution in [0, 0.1) is 6.92 Å². The fraction of sp³-hybridized carbons (Fsp3) is 0.714. The van der Waals surface area contributed by atoms with Crippen molar-refractivity contribution in [1.29, 1.82) is 0 Å². The largest absolute Gasteiger partial charge is 0.355 e. The van der Waals surface area contributed by atoms with Crippen LogP contribution in [-0.4, -0.2) is 48.1 Å². The van der Waals surface area contributed by atoms with Gasteiger partial charge in [-0.25, -0.2) is 9.97 Å². The van der Waals surface area contributed by atoms with Crippen molar-refractivity contribution in [2.24, 2.45) is 0 Å². The molecule has 0 aliphatic carbocycles. The van der Waals surface area contributed by atoms with E-state index in [2.05, 4.69) is 28.8 Å². The Morgan fingerprint density at radius 1 is 1.16 bits per heavy atom. The summed E-state index contributed by atoms with van der Waals surface area (Å²) in [6, 6.07) is 0. The van der Waals surface area contributed by atoms with E-state index in [0.717, 1.165) is 56.2 Å². The molecule has 2 heterocycles. The van der Waals surface area contributed by atoms with Crippen LogP contribution in [0.5, 0.6) is 0 Å². The molecular weight excluding hydrogens is 260 g/mol. The molecule has 1 aromatic heterocycles. The summed E-state index contributed by atoms with van der Waals surface area (Å²) in [6.07, 6.45) is 3.10. The molecule has 5 heteroatoms. The smallest absolute Gasteiger partial charge is 0.137 e. The molecule has 0 amide bonds. The lowest BCUT2D eigenvalue weighted by Crippen LogP contribution is -2.30. The van der Waals surface area contributed by atoms with Crippen LogP contribution >= 0.6 is 11.6 Å². The number of hydrogen-bond acceptors (Lipinski definition) is 4. The van der Waals surface area contributed by atoms with Gasteiger partial charge in [0.05, 0.1) is 0 Å². The lowest BCUT2D eigenvalue weighted by molar-refractivity contribution is 0.360. The van der Waals surface area contributed by atoms with E-state index in [9.17, 15) is 0 Å². The third kappa shape index (κ3) is 3.57. The fourth-order valence-corrected chi connectivity index (χ4v) is 2.60. The van der Waals surface area contributed by atoms with Crippen LogP contribution in [0.2, 0.25) is 5.15 Å². The Labute approximate surface area is 120 Å². The number of halogens is 1. The highest BCUT2D eigenvalue weighted by atomic mass is 35.5. The first kappa shape index (κ1) is 14.5. The zero-order chi connectivity index (χ0) is 13.8. The number of nitrogens with zero attached hydrogens (tertiary/aromatic N) is 4. The molecule has 0 spiro atoms. The molecule has 0 saturated carbocycles. The highest BCUT2D eigenvalue weighted by Crippen LogP contribution is 2.24. The van der Waals surface area contributed by atoms with Crippen molar-refractivity contribution in [2.75, 3.05) is 38.1 Å². The van der Waals surface area contributed by atoms with Gasteiger partial charge in [-0.2, -0.15) is 0 Å². The predicted octanol–water partition coefficient (Wildman–Crippen LogP) is 2.53. The zero-order valence-corrected chi connectivity index (χ0v) is 12.9. The van der Waals surface area contributed by atoms with E-state index in [1.165, 1.54) is 6.42 Å². The third-order valence-corrected chi connectivity index (χ3v) is 3.97. The second-order valence-electron chi connectivity index (χ2n) is 5.27. The summed E-state index contributed by atoms with van der Waals surface area (Å²) in [6.45, 7) is 8.43. The van der Waals surface area contributed by atoms with Crippen molar-refractivity contribution < 1.29 is 0 Å². The molecule has 0 atom stereocenters. The first-order valence-electron chi connectivity index (χ1n) is 7.08. The highest BCUT2D eigenvalue weighted by Gasteiger charge is 2.18. The average molecular weight is 283 g/mol. The molecule has 1 saturated heterocycles. The summed E-state index contributed by atoms with van der Waals surface area (Å²) < 4.78 is 0. The number of aryl methyl sites for hydroxylation is 1. The molecule has 19 heavy (non-hydrogen) atoms. The molecule has 1 aromatic rings. The topological polar surface area (TPSA) is 32.3 Å². The Morgan fingerprint density at radius 2 is 1.95 bits per heavy atom. The zero-order valence-electron chi connectivity index (χ0n) is 12.1. The normalized spacial score (nSPS) is 17.6. The van der Waals surface area contributed by atoms with E-state index in [-0.39, 0.29) is 0 Å². The van der Waals surface area contributed by atoms with Crippen molar-refractivity contribution >= 4 is 17.4 Å². The molecule has 0 N–H and O–H groups in total. The molecule has 0 aromatic carbocycles. The Bertz CT molecular complexity index is 436. The molecule has 0 radical (unpaired) electrons. The second-order valence-corrected chi connectivity index (χ2v) is 5.63. The maximum absolute atomic E-state index is 6.26. The average Bonchev–Trinajstić information content (AvgIpc) is 2.59. The maximum Gasteiger partial charge on any atom is 0.137 e. The van der Waals surface area contributed by atoms with Gasteiger partial charge in [-0.05, 0) is 33.4 Å². The molecule has 4 nitrogen and oxygen atoms in total. The van der Waals surface area contributed by atoms with Gasteiger partial charge in [0.15, 0.2) is 0 Å². The van der Waals surface area contributed by atoms with Gasteiger partial charge < -0.3 is 9.80 Å². The van der Waals surface area contributed by atoms with E-state index >= 15 is 0 Å². The van der Waals surface area contributed by atoms with Gasteiger partial charge in [0.1, 0.15) is 16.8 Å². The van der Waals surface area contributed by atoms with Crippen LogP contribution in [-0.2, 0) is 6.42 Å². The number of aromatic nitrogens is 2. The maximum atomic E-state index is 6.26. The highest BCUT2D eigenvalue weighted by molar-refractivity contribution is 6.30. The quantitative estimate of drug-likeness (QED) is 0.798. The molecule has 1 fully saturated rings. The Morgan fingerprint density at radius 3 is 2.68 bits per heavy atom. The molecule has 1 aliphatic heterocycles. The minimum atomic E-state index is 0.603. The van der Waals surface area contributed by atoms with Crippen molar-refractivity contribution in [3.63, 3.8) is 0 Å². The molecule has 2 rings (SSSR count). The second kappa shape index (κ2) is 6.53. The molecule has 106 valence electrons. The van der Waals surface area contributed by atoms with Crippen LogP contribution in [0.25, 0.3) is 0 Å². The summed E-state index contributed by atoms with van der Waals surface area (Å²) >= 11 is 6.26. The first-order chi connectivity index (χ1) is 9.11. The summed E-state index contributed by atoms with van der Waals surface area (Å²) in [5, 5.41) is 0.603. The van der Waals surface area contributed by atoms with Gasteiger partial charge in [-0.3, -0.25) is 0 Å². The van der Waals surface area contributed by atoms with Crippen LogP contribution in [0.3, 0.4) is 0 Å². The summed E-state index contributed by atoms with van der Waals surface area (Å²) in [5.74, 6) is 1.89. The van der Waals surface area contributed by atoms with E-state index in [1.807, 2.05) is 6.92 Å². The van der Waals surface area contributed by atoms with Gasteiger partial charge in [-0.1, -0.05) is 18.5 Å². The van der Waals surface area contributed by atoms with E-state index < -0.39 is 0 Å². The van der Waals surface area contributed by atoms with Gasteiger partial charge in [0.25, 0.3) is 0 Å². The number of hydrogen-bond donors (Lipinski definition) is 0. The standard InChI is InChI=1S/C14H23ClN4/c1-4-6-12-16-13(15)11(2)14(17-12)19-8-5-7-18(3)9-10-19/h4-10H2,1-3H3. The van der Waals surface area contributed by atoms with Crippen LogP contribution in [0.1, 0.15) is 31.2 Å². The Balaban J connectivity index is 2.26. The third-order valence-electron chi connectivity index (χ3n) is 3.60. The van der Waals surface area contributed by atoms with Crippen molar-refractivity contribution in [1.82, 2.24) is 14.9 Å². The lowest BCUT2D eigenvalue weighted by atomic mass is 10.2. The number of likely N-dealkylation sites (N-methyl/N-ethyl adjacent to an activating group) is 1. The Hall–Kier alpha value is -0.870. The van der Waals surface area contributed by atoms with E-state index in [0.29, 0.717) is 5.15 Å². The molecule has 0 bridgehead atoms. The minimum absolute atomic E-state index is 0.603. The molecule has 0 unspecified atom stereocenters.